The second-order valence-electron chi connectivity index (χ2n) is 10.9. The molecule has 1 aliphatic carbocycles. The number of ketones is 1. The fourth-order valence-electron chi connectivity index (χ4n) is 5.73. The molecule has 9 heteroatoms. The molecule has 0 atom stereocenters. The Morgan fingerprint density at radius 1 is 1.16 bits per heavy atom. The molecule has 0 N–H and O–H groups in total. The third-order valence-corrected chi connectivity index (χ3v) is 8.86. The van der Waals surface area contributed by atoms with Crippen molar-refractivity contribution in [1.82, 2.24) is 19.7 Å². The number of aryl methyl sites for hydroxylation is 1. The molecule has 5 rings (SSSR count). The van der Waals surface area contributed by atoms with Gasteiger partial charge in [-0.2, -0.15) is 5.10 Å². The molecule has 200 valence electrons. The number of hydrogen-bond donors (Lipinski definition) is 0. The lowest BCUT2D eigenvalue weighted by Crippen LogP contribution is -2.30. The summed E-state index contributed by atoms with van der Waals surface area (Å²) in [7, 11) is 1.89. The number of ether oxygens (including phenoxy) is 1. The molecule has 2 aromatic heterocycles. The summed E-state index contributed by atoms with van der Waals surface area (Å²) in [6, 6.07) is 5.82. The maximum absolute atomic E-state index is 13.1. The van der Waals surface area contributed by atoms with Crippen LogP contribution in [0.15, 0.2) is 24.4 Å². The molecule has 37 heavy (non-hydrogen) atoms. The Labute approximate surface area is 221 Å². The molecule has 0 radical (unpaired) electrons. The van der Waals surface area contributed by atoms with Gasteiger partial charge in [0.25, 0.3) is 11.1 Å². The highest BCUT2D eigenvalue weighted by molar-refractivity contribution is 7.13. The van der Waals surface area contributed by atoms with E-state index in [1.807, 2.05) is 31.4 Å². The normalized spacial score (nSPS) is 21.1. The molecule has 3 heterocycles. The number of carbonyl (C=O) groups excluding carboxylic acids is 1. The number of alkyl halides is 2. The molecular weight excluding hydrogens is 494 g/mol. The van der Waals surface area contributed by atoms with Crippen LogP contribution in [0.1, 0.15) is 66.4 Å². The molecule has 3 aromatic rings. The van der Waals surface area contributed by atoms with E-state index in [1.54, 1.807) is 4.68 Å². The zero-order valence-corrected chi connectivity index (χ0v) is 22.5. The minimum Gasteiger partial charge on any atom is -0.464 e. The molecule has 0 saturated heterocycles. The van der Waals surface area contributed by atoms with E-state index < -0.39 is 12.5 Å². The first-order valence-corrected chi connectivity index (χ1v) is 14.2. The van der Waals surface area contributed by atoms with Gasteiger partial charge < -0.3 is 9.64 Å². The molecule has 2 aliphatic rings. The van der Waals surface area contributed by atoms with Gasteiger partial charge in [-0.1, -0.05) is 36.3 Å². The predicted molar refractivity (Wildman–Crippen MR) is 142 cm³/mol. The van der Waals surface area contributed by atoms with Crippen LogP contribution in [0.5, 0.6) is 5.19 Å². The van der Waals surface area contributed by atoms with Crippen molar-refractivity contribution in [3.05, 3.63) is 40.5 Å². The van der Waals surface area contributed by atoms with E-state index in [0.717, 1.165) is 80.3 Å². The lowest BCUT2D eigenvalue weighted by molar-refractivity contribution is -0.0230. The topological polar surface area (TPSA) is 60.2 Å². The lowest BCUT2D eigenvalue weighted by atomic mass is 9.78. The first-order valence-electron chi connectivity index (χ1n) is 13.4. The van der Waals surface area contributed by atoms with Crippen molar-refractivity contribution >= 4 is 28.0 Å². The Bertz CT molecular complexity index is 1200. The van der Waals surface area contributed by atoms with E-state index in [1.165, 1.54) is 35.5 Å². The number of benzene rings is 1. The van der Waals surface area contributed by atoms with Crippen molar-refractivity contribution in [3.63, 3.8) is 0 Å². The zero-order valence-electron chi connectivity index (χ0n) is 21.7. The summed E-state index contributed by atoms with van der Waals surface area (Å²) in [5, 5.41) is 5.76. The largest absolute Gasteiger partial charge is 0.464 e. The summed E-state index contributed by atoms with van der Waals surface area (Å²) in [5.74, 6) is -1.41. The maximum Gasteiger partial charge on any atom is 0.278 e. The minimum atomic E-state index is -2.84. The van der Waals surface area contributed by atoms with E-state index in [4.69, 9.17) is 4.74 Å². The number of Topliss-reactive ketones (excluding diaryl/α,β-unsaturated/α-hetero) is 1. The van der Waals surface area contributed by atoms with E-state index >= 15 is 0 Å². The van der Waals surface area contributed by atoms with Crippen molar-refractivity contribution in [1.29, 1.82) is 0 Å². The van der Waals surface area contributed by atoms with Gasteiger partial charge in [0, 0.05) is 61.9 Å². The number of thiazole rings is 1. The Kier molecular flexibility index (Phi) is 7.91. The van der Waals surface area contributed by atoms with Gasteiger partial charge in [-0.25, -0.2) is 13.8 Å². The third kappa shape index (κ3) is 6.74. The molecule has 0 spiro atoms. The molecule has 6 nitrogen and oxygen atoms in total. The van der Waals surface area contributed by atoms with Crippen LogP contribution in [0.25, 0.3) is 10.9 Å². The lowest BCUT2D eigenvalue weighted by Gasteiger charge is -2.30. The molecule has 0 unspecified atom stereocenters. The Balaban J connectivity index is 1.04. The minimum absolute atomic E-state index is 0.240. The fourth-order valence-corrected chi connectivity index (χ4v) is 6.67. The van der Waals surface area contributed by atoms with Crippen molar-refractivity contribution in [2.75, 3.05) is 26.2 Å². The van der Waals surface area contributed by atoms with E-state index in [0.29, 0.717) is 17.5 Å². The summed E-state index contributed by atoms with van der Waals surface area (Å²) in [6.45, 7) is 3.24. The highest BCUT2D eigenvalue weighted by Gasteiger charge is 2.27. The summed E-state index contributed by atoms with van der Waals surface area (Å²) >= 11 is 1.42. The Hall–Kier alpha value is -2.39. The van der Waals surface area contributed by atoms with Crippen LogP contribution in [-0.2, 0) is 19.9 Å². The van der Waals surface area contributed by atoms with E-state index in [2.05, 4.69) is 15.0 Å². The van der Waals surface area contributed by atoms with E-state index in [-0.39, 0.29) is 5.78 Å². The average molecular weight is 531 g/mol. The van der Waals surface area contributed by atoms with Crippen LogP contribution in [0.3, 0.4) is 0 Å². The average Bonchev–Trinajstić information content (AvgIpc) is 3.39. The Morgan fingerprint density at radius 2 is 1.92 bits per heavy atom. The third-order valence-electron chi connectivity index (χ3n) is 7.79. The van der Waals surface area contributed by atoms with Crippen molar-refractivity contribution in [3.8, 4) is 5.19 Å². The van der Waals surface area contributed by atoms with Gasteiger partial charge in [-0.05, 0) is 50.1 Å². The molecule has 1 saturated carbocycles. The summed E-state index contributed by atoms with van der Waals surface area (Å²) in [6.07, 6.45) is 10.1. The molecule has 0 bridgehead atoms. The van der Waals surface area contributed by atoms with Crippen molar-refractivity contribution in [2.24, 2.45) is 18.9 Å². The van der Waals surface area contributed by atoms with Crippen LogP contribution in [0, 0.1) is 11.8 Å². The van der Waals surface area contributed by atoms with Crippen molar-refractivity contribution in [2.45, 2.75) is 64.2 Å². The number of carbonyl (C=O) groups is 1. The van der Waals surface area contributed by atoms with Crippen LogP contribution in [-0.4, -0.2) is 57.6 Å². The number of fused-ring (bicyclic) bond motifs is 2. The van der Waals surface area contributed by atoms with Gasteiger partial charge in [0.05, 0.1) is 11.2 Å². The highest BCUT2D eigenvalue weighted by Crippen LogP contribution is 2.35. The summed E-state index contributed by atoms with van der Waals surface area (Å²) < 4.78 is 33.1. The van der Waals surface area contributed by atoms with Crippen molar-refractivity contribution < 1.29 is 18.3 Å². The van der Waals surface area contributed by atoms with Crippen LogP contribution >= 0.6 is 11.3 Å². The second kappa shape index (κ2) is 11.2. The fraction of sp³-hybridized carbons (Fsp3) is 0.607. The molecule has 1 fully saturated rings. The zero-order chi connectivity index (χ0) is 26.0. The monoisotopic (exact) mass is 530 g/mol. The SMILES string of the molecule is Cn1cc2c(C(=O)CC3CCC(CCN4CCc5nc(OCC(C)(F)F)sc5CC4)CC3)cccc2n1. The summed E-state index contributed by atoms with van der Waals surface area (Å²) in [4.78, 5) is 21.2. The number of rotatable bonds is 9. The van der Waals surface area contributed by atoms with Gasteiger partial charge in [0.15, 0.2) is 12.4 Å². The summed E-state index contributed by atoms with van der Waals surface area (Å²) in [5.41, 5.74) is 2.69. The van der Waals surface area contributed by atoms with Crippen LogP contribution < -0.4 is 4.74 Å². The quantitative estimate of drug-likeness (QED) is 0.321. The second-order valence-corrected chi connectivity index (χ2v) is 11.9. The number of nitrogens with zero attached hydrogens (tertiary/aromatic N) is 4. The molecule has 1 aliphatic heterocycles. The number of aromatic nitrogens is 3. The van der Waals surface area contributed by atoms with Gasteiger partial charge in [-0.3, -0.25) is 9.48 Å². The van der Waals surface area contributed by atoms with Crippen LogP contribution in [0.2, 0.25) is 0 Å². The van der Waals surface area contributed by atoms with Gasteiger partial charge in [0.1, 0.15) is 0 Å². The first kappa shape index (κ1) is 26.2. The molecule has 0 amide bonds. The maximum atomic E-state index is 13.1. The number of halogens is 2. The molecule has 1 aromatic carbocycles. The Morgan fingerprint density at radius 3 is 2.70 bits per heavy atom. The highest BCUT2D eigenvalue weighted by atomic mass is 32.1. The number of hydrogen-bond acceptors (Lipinski definition) is 6. The van der Waals surface area contributed by atoms with Crippen LogP contribution in [0.4, 0.5) is 8.78 Å². The van der Waals surface area contributed by atoms with Gasteiger partial charge in [0.2, 0.25) is 0 Å². The van der Waals surface area contributed by atoms with Gasteiger partial charge >= 0.3 is 0 Å². The predicted octanol–water partition coefficient (Wildman–Crippen LogP) is 5.93. The molecular formula is C28H36F2N4O2S. The van der Waals surface area contributed by atoms with Gasteiger partial charge in [-0.15, -0.1) is 0 Å². The first-order chi connectivity index (χ1) is 17.7. The smallest absolute Gasteiger partial charge is 0.278 e. The van der Waals surface area contributed by atoms with E-state index in [9.17, 15) is 13.6 Å². The standard InChI is InChI=1S/C28H36F2N4O2S/c1-28(29,30)18-36-27-31-24-11-14-34(15-12-26(24)37-27)13-10-19-6-8-20(9-7-19)16-25(35)21-4-3-5-23-22(21)17-33(2)32-23/h3-5,17,19-20H,6-16,18H2,1-2H3.